The van der Waals surface area contributed by atoms with Crippen LogP contribution < -0.4 is 0 Å². The van der Waals surface area contributed by atoms with Crippen LogP contribution in [0.25, 0.3) is 6.08 Å². The van der Waals surface area contributed by atoms with Gasteiger partial charge in [0.15, 0.2) is 6.04 Å². The Labute approximate surface area is 121 Å². The third-order valence-electron chi connectivity index (χ3n) is 2.68. The summed E-state index contributed by atoms with van der Waals surface area (Å²) in [5, 5.41) is 10.00. The minimum atomic E-state index is -0.384. The van der Waals surface area contributed by atoms with E-state index in [0.717, 1.165) is 10.6 Å². The second-order valence-corrected chi connectivity index (χ2v) is 5.17. The van der Waals surface area contributed by atoms with Gasteiger partial charge in [0, 0.05) is 5.75 Å². The number of carbonyl (C=O) groups is 1. The molecule has 1 aromatic rings. The second kappa shape index (κ2) is 6.96. The van der Waals surface area contributed by atoms with E-state index >= 15 is 0 Å². The number of ether oxygens (including phenoxy) is 1. The van der Waals surface area contributed by atoms with Gasteiger partial charge >= 0.3 is 5.97 Å². The zero-order valence-corrected chi connectivity index (χ0v) is 11.8. The molecular formula is C15H15NO3S. The van der Waals surface area contributed by atoms with Gasteiger partial charge in [-0.3, -0.25) is 4.99 Å². The van der Waals surface area contributed by atoms with Crippen LogP contribution in [0.3, 0.4) is 0 Å². The van der Waals surface area contributed by atoms with Crippen LogP contribution in [0.15, 0.2) is 47.5 Å². The standard InChI is InChI=1S/C15H15NO3S/c1-19-15(18)13-10-20-14(16-13)5-3-2-4-11-6-8-12(17)9-7-11/h2-9,13,17H,10H2,1H3/b4-2+,5-3+. The van der Waals surface area contributed by atoms with Crippen LogP contribution in [0.1, 0.15) is 5.56 Å². The number of phenols is 1. The molecule has 5 heteroatoms. The Morgan fingerprint density at radius 3 is 2.75 bits per heavy atom. The molecule has 0 saturated carbocycles. The normalized spacial score (nSPS) is 18.6. The fraction of sp³-hybridized carbons (Fsp3) is 0.200. The zero-order valence-electron chi connectivity index (χ0n) is 11.0. The van der Waals surface area contributed by atoms with Crippen molar-refractivity contribution in [2.24, 2.45) is 4.99 Å². The SMILES string of the molecule is COC(=O)C1CSC(/C=C/C=C/c2ccc(O)cc2)=N1. The summed E-state index contributed by atoms with van der Waals surface area (Å²) in [5.74, 6) is 0.595. The average molecular weight is 289 g/mol. The summed E-state index contributed by atoms with van der Waals surface area (Å²) >= 11 is 1.54. The number of benzene rings is 1. The van der Waals surface area contributed by atoms with Crippen molar-refractivity contribution in [2.45, 2.75) is 6.04 Å². The van der Waals surface area contributed by atoms with Gasteiger partial charge in [-0.25, -0.2) is 4.79 Å². The van der Waals surface area contributed by atoms with Gasteiger partial charge in [-0.1, -0.05) is 30.4 Å². The molecule has 1 unspecified atom stereocenters. The van der Waals surface area contributed by atoms with Gasteiger partial charge in [0.2, 0.25) is 0 Å². The summed E-state index contributed by atoms with van der Waals surface area (Å²) in [7, 11) is 1.37. The highest BCUT2D eigenvalue weighted by atomic mass is 32.2. The number of hydrogen-bond acceptors (Lipinski definition) is 5. The van der Waals surface area contributed by atoms with Gasteiger partial charge in [-0.2, -0.15) is 0 Å². The number of methoxy groups -OCH3 is 1. The van der Waals surface area contributed by atoms with Crippen molar-refractivity contribution in [1.82, 2.24) is 0 Å². The van der Waals surface area contributed by atoms with Crippen molar-refractivity contribution >= 4 is 28.9 Å². The molecule has 0 saturated heterocycles. The Bertz CT molecular complexity index is 561. The number of carbonyl (C=O) groups excluding carboxylic acids is 1. The van der Waals surface area contributed by atoms with Gasteiger partial charge in [-0.05, 0) is 23.8 Å². The molecule has 2 rings (SSSR count). The van der Waals surface area contributed by atoms with E-state index in [0.29, 0.717) is 5.75 Å². The number of aliphatic imine (C=N–C) groups is 1. The summed E-state index contributed by atoms with van der Waals surface area (Å²) in [6, 6.07) is 6.55. The first-order valence-electron chi connectivity index (χ1n) is 6.11. The second-order valence-electron chi connectivity index (χ2n) is 4.13. The third kappa shape index (κ3) is 3.99. The molecule has 1 heterocycles. The number of rotatable bonds is 4. The van der Waals surface area contributed by atoms with Gasteiger partial charge in [0.1, 0.15) is 5.75 Å². The van der Waals surface area contributed by atoms with Crippen LogP contribution in [0.5, 0.6) is 5.75 Å². The number of allylic oxidation sites excluding steroid dienone is 2. The quantitative estimate of drug-likeness (QED) is 0.684. The fourth-order valence-corrected chi connectivity index (χ4v) is 2.55. The molecule has 0 aliphatic carbocycles. The molecule has 0 radical (unpaired) electrons. The lowest BCUT2D eigenvalue weighted by atomic mass is 10.2. The maximum Gasteiger partial charge on any atom is 0.331 e. The maximum atomic E-state index is 11.3. The highest BCUT2D eigenvalue weighted by Crippen LogP contribution is 2.19. The van der Waals surface area contributed by atoms with Crippen LogP contribution in [-0.4, -0.2) is 35.0 Å². The van der Waals surface area contributed by atoms with E-state index < -0.39 is 0 Å². The molecule has 0 spiro atoms. The van der Waals surface area contributed by atoms with Crippen molar-refractivity contribution in [3.63, 3.8) is 0 Å². The number of aromatic hydroxyl groups is 1. The molecule has 4 nitrogen and oxygen atoms in total. The van der Waals surface area contributed by atoms with Crippen LogP contribution in [-0.2, 0) is 9.53 Å². The lowest BCUT2D eigenvalue weighted by Crippen LogP contribution is -2.19. The highest BCUT2D eigenvalue weighted by Gasteiger charge is 2.24. The Kier molecular flexibility index (Phi) is 5.01. The van der Waals surface area contributed by atoms with Crippen molar-refractivity contribution in [3.05, 3.63) is 48.1 Å². The van der Waals surface area contributed by atoms with Crippen LogP contribution in [0.2, 0.25) is 0 Å². The van der Waals surface area contributed by atoms with Gasteiger partial charge in [-0.15, -0.1) is 11.8 Å². The number of nitrogens with zero attached hydrogens (tertiary/aromatic N) is 1. The molecule has 104 valence electrons. The smallest absolute Gasteiger partial charge is 0.331 e. The number of hydrogen-bond donors (Lipinski definition) is 1. The summed E-state index contributed by atoms with van der Waals surface area (Å²) in [6.07, 6.45) is 7.55. The molecule has 1 aliphatic rings. The lowest BCUT2D eigenvalue weighted by molar-refractivity contribution is -0.141. The molecule has 0 bridgehead atoms. The summed E-state index contributed by atoms with van der Waals surface area (Å²) in [4.78, 5) is 15.6. The molecule has 1 aromatic carbocycles. The van der Waals surface area contributed by atoms with Crippen LogP contribution in [0.4, 0.5) is 0 Å². The lowest BCUT2D eigenvalue weighted by Gasteiger charge is -2.00. The monoisotopic (exact) mass is 289 g/mol. The van der Waals surface area contributed by atoms with Crippen molar-refractivity contribution < 1.29 is 14.6 Å². The van der Waals surface area contributed by atoms with Crippen LogP contribution >= 0.6 is 11.8 Å². The zero-order chi connectivity index (χ0) is 14.4. The first-order valence-corrected chi connectivity index (χ1v) is 7.10. The Hall–Kier alpha value is -2.01. The predicted octanol–water partition coefficient (Wildman–Crippen LogP) is 2.65. The Morgan fingerprint density at radius 1 is 1.35 bits per heavy atom. The number of esters is 1. The molecule has 1 N–H and O–H groups in total. The third-order valence-corrected chi connectivity index (χ3v) is 3.70. The Balaban J connectivity index is 1.91. The molecule has 0 amide bonds. The number of phenolic OH excluding ortho intramolecular Hbond substituents is 1. The van der Waals surface area contributed by atoms with E-state index in [1.54, 1.807) is 12.1 Å². The largest absolute Gasteiger partial charge is 0.508 e. The van der Waals surface area contributed by atoms with E-state index in [4.69, 9.17) is 5.11 Å². The van der Waals surface area contributed by atoms with Crippen molar-refractivity contribution in [2.75, 3.05) is 12.9 Å². The van der Waals surface area contributed by atoms with Gasteiger partial charge in [0.25, 0.3) is 0 Å². The highest BCUT2D eigenvalue weighted by molar-refractivity contribution is 8.14. The van der Waals surface area contributed by atoms with E-state index in [9.17, 15) is 4.79 Å². The van der Waals surface area contributed by atoms with E-state index in [-0.39, 0.29) is 17.8 Å². The molecule has 0 fully saturated rings. The summed E-state index contributed by atoms with van der Waals surface area (Å²) in [6.45, 7) is 0. The maximum absolute atomic E-state index is 11.3. The number of thioether (sulfide) groups is 1. The molecule has 1 atom stereocenters. The first-order chi connectivity index (χ1) is 9.69. The topological polar surface area (TPSA) is 58.9 Å². The van der Waals surface area contributed by atoms with E-state index in [1.807, 2.05) is 36.4 Å². The Morgan fingerprint density at radius 2 is 2.05 bits per heavy atom. The van der Waals surface area contributed by atoms with Crippen molar-refractivity contribution in [3.8, 4) is 5.75 Å². The molecule has 1 aliphatic heterocycles. The average Bonchev–Trinajstić information content (AvgIpc) is 2.93. The molecular weight excluding hydrogens is 274 g/mol. The van der Waals surface area contributed by atoms with E-state index in [1.165, 1.54) is 18.9 Å². The molecule has 20 heavy (non-hydrogen) atoms. The van der Waals surface area contributed by atoms with Gasteiger partial charge in [0.05, 0.1) is 12.2 Å². The summed E-state index contributed by atoms with van der Waals surface area (Å²) in [5.41, 5.74) is 1.00. The summed E-state index contributed by atoms with van der Waals surface area (Å²) < 4.78 is 4.66. The fourth-order valence-electron chi connectivity index (χ4n) is 1.63. The van der Waals surface area contributed by atoms with E-state index in [2.05, 4.69) is 9.73 Å². The minimum Gasteiger partial charge on any atom is -0.508 e. The van der Waals surface area contributed by atoms with Crippen molar-refractivity contribution in [1.29, 1.82) is 0 Å². The minimum absolute atomic E-state index is 0.253. The van der Waals surface area contributed by atoms with Gasteiger partial charge < -0.3 is 9.84 Å². The first kappa shape index (κ1) is 14.4. The van der Waals surface area contributed by atoms with Crippen LogP contribution in [0, 0.1) is 0 Å². The molecule has 0 aromatic heterocycles. The predicted molar refractivity (Wildman–Crippen MR) is 82.0 cm³/mol.